The summed E-state index contributed by atoms with van der Waals surface area (Å²) in [4.78, 5) is 21.8. The molecule has 12 heavy (non-hydrogen) atoms. The molecule has 0 spiro atoms. The number of hydrogen-bond acceptors (Lipinski definition) is 3. The Kier molecular flexibility index (Phi) is 6.81. The summed E-state index contributed by atoms with van der Waals surface area (Å²) in [6.45, 7) is 5.33. The van der Waals surface area contributed by atoms with Crippen LogP contribution in [0.15, 0.2) is 0 Å². The maximum Gasteiger partial charge on any atom is 0.313 e. The number of hydrogen-bond donors (Lipinski definition) is 0. The summed E-state index contributed by atoms with van der Waals surface area (Å²) < 4.78 is 4.36. The molecule has 0 amide bonds. The van der Waals surface area contributed by atoms with Gasteiger partial charge in [-0.25, -0.2) is 0 Å². The van der Waals surface area contributed by atoms with Gasteiger partial charge in [0.15, 0.2) is 0 Å². The molecule has 0 heterocycles. The summed E-state index contributed by atoms with van der Waals surface area (Å²) in [6, 6.07) is 0. The Bertz CT molecular complexity index is 170. The van der Waals surface area contributed by atoms with E-state index in [0.29, 0.717) is 0 Å². The predicted molar refractivity (Wildman–Crippen MR) is 46.8 cm³/mol. The number of ether oxygens (including phenoxy) is 1. The molecule has 0 fully saturated rings. The number of ketones is 1. The number of rotatable bonds is 2. The molecular weight excluding hydrogens is 259 g/mol. The zero-order chi connectivity index (χ0) is 9.07. The van der Waals surface area contributed by atoms with E-state index in [1.54, 1.807) is 20.8 Å². The SMILES string of the molecule is COC(=O)CC(=O)C(C)(C)C.[In]. The van der Waals surface area contributed by atoms with Gasteiger partial charge in [-0.3, -0.25) is 9.59 Å². The van der Waals surface area contributed by atoms with Crippen LogP contribution in [-0.2, 0) is 14.3 Å². The average Bonchev–Trinajstić information content (AvgIpc) is 1.85. The third kappa shape index (κ3) is 5.63. The topological polar surface area (TPSA) is 43.4 Å². The summed E-state index contributed by atoms with van der Waals surface area (Å²) >= 11 is 0. The largest absolute Gasteiger partial charge is 0.469 e. The van der Waals surface area contributed by atoms with Gasteiger partial charge in [0, 0.05) is 31.3 Å². The van der Waals surface area contributed by atoms with Gasteiger partial charge < -0.3 is 4.74 Å². The van der Waals surface area contributed by atoms with Crippen LogP contribution >= 0.6 is 0 Å². The van der Waals surface area contributed by atoms with E-state index in [4.69, 9.17) is 0 Å². The zero-order valence-electron chi connectivity index (χ0n) is 8.01. The van der Waals surface area contributed by atoms with Crippen LogP contribution in [0.5, 0.6) is 0 Å². The number of carbonyl (C=O) groups excluding carboxylic acids is 2. The molecule has 0 unspecified atom stereocenters. The van der Waals surface area contributed by atoms with Gasteiger partial charge in [0.2, 0.25) is 0 Å². The molecule has 0 rings (SSSR count). The van der Waals surface area contributed by atoms with Crippen molar-refractivity contribution < 1.29 is 14.3 Å². The Morgan fingerprint density at radius 2 is 1.67 bits per heavy atom. The second-order valence-corrected chi connectivity index (χ2v) is 3.43. The Hall–Kier alpha value is 0.0101. The number of esters is 1. The van der Waals surface area contributed by atoms with Crippen LogP contribution in [0.25, 0.3) is 0 Å². The van der Waals surface area contributed by atoms with Crippen LogP contribution in [0.3, 0.4) is 0 Å². The van der Waals surface area contributed by atoms with Gasteiger partial charge in [0.1, 0.15) is 12.2 Å². The standard InChI is InChI=1S/C8H14O3.In/c1-8(2,3)6(9)5-7(10)11-4;/h5H2,1-4H3;. The third-order valence-electron chi connectivity index (χ3n) is 1.37. The van der Waals surface area contributed by atoms with Crippen LogP contribution in [0.2, 0.25) is 0 Å². The molecule has 0 bridgehead atoms. The fraction of sp³-hybridized carbons (Fsp3) is 0.750. The van der Waals surface area contributed by atoms with Crippen molar-refractivity contribution in [3.8, 4) is 0 Å². The van der Waals surface area contributed by atoms with Gasteiger partial charge in [0.25, 0.3) is 0 Å². The van der Waals surface area contributed by atoms with E-state index in [9.17, 15) is 9.59 Å². The molecule has 0 saturated carbocycles. The summed E-state index contributed by atoms with van der Waals surface area (Å²) in [6.07, 6.45) is -0.125. The van der Waals surface area contributed by atoms with E-state index in [-0.39, 0.29) is 38.0 Å². The molecule has 0 aromatic heterocycles. The summed E-state index contributed by atoms with van der Waals surface area (Å²) in [5.74, 6) is -0.561. The molecular formula is C8H14InO3. The van der Waals surface area contributed by atoms with Gasteiger partial charge in [0.05, 0.1) is 7.11 Å². The Morgan fingerprint density at radius 3 is 1.92 bits per heavy atom. The van der Waals surface area contributed by atoms with Gasteiger partial charge in [-0.1, -0.05) is 20.8 Å². The monoisotopic (exact) mass is 273 g/mol. The first-order valence-corrected chi connectivity index (χ1v) is 3.48. The number of methoxy groups -OCH3 is 1. The maximum absolute atomic E-state index is 11.1. The minimum Gasteiger partial charge on any atom is -0.469 e. The van der Waals surface area contributed by atoms with Gasteiger partial charge in [-0.05, 0) is 0 Å². The van der Waals surface area contributed by atoms with Crippen LogP contribution in [-0.4, -0.2) is 44.7 Å². The first-order valence-electron chi connectivity index (χ1n) is 3.48. The number of Topliss-reactive ketones (excluding diaryl/α,β-unsaturated/α-hetero) is 1. The van der Waals surface area contributed by atoms with E-state index in [1.165, 1.54) is 7.11 Å². The fourth-order valence-corrected chi connectivity index (χ4v) is 0.468. The molecule has 0 aromatic carbocycles. The van der Waals surface area contributed by atoms with Crippen molar-refractivity contribution in [3.05, 3.63) is 0 Å². The van der Waals surface area contributed by atoms with E-state index >= 15 is 0 Å². The van der Waals surface area contributed by atoms with Crippen molar-refractivity contribution in [1.29, 1.82) is 0 Å². The molecule has 0 saturated heterocycles. The Balaban J connectivity index is 0. The summed E-state index contributed by atoms with van der Waals surface area (Å²) in [5, 5.41) is 0. The van der Waals surface area contributed by atoms with Gasteiger partial charge in [-0.15, -0.1) is 0 Å². The van der Waals surface area contributed by atoms with Crippen LogP contribution < -0.4 is 0 Å². The molecule has 67 valence electrons. The van der Waals surface area contributed by atoms with Crippen LogP contribution in [0, 0.1) is 5.41 Å². The zero-order valence-corrected chi connectivity index (χ0v) is 11.3. The molecule has 0 atom stereocenters. The predicted octanol–water partition coefficient (Wildman–Crippen LogP) is 0.784. The van der Waals surface area contributed by atoms with Crippen molar-refractivity contribution in [2.24, 2.45) is 5.41 Å². The minimum absolute atomic E-state index is 0. The fourth-order valence-electron chi connectivity index (χ4n) is 0.468. The van der Waals surface area contributed by atoms with E-state index in [2.05, 4.69) is 4.74 Å². The molecule has 0 aromatic rings. The third-order valence-corrected chi connectivity index (χ3v) is 1.37. The van der Waals surface area contributed by atoms with E-state index in [0.717, 1.165) is 0 Å². The minimum atomic E-state index is -0.468. The van der Waals surface area contributed by atoms with E-state index < -0.39 is 11.4 Å². The average molecular weight is 273 g/mol. The molecule has 0 aliphatic heterocycles. The molecule has 0 aliphatic carbocycles. The van der Waals surface area contributed by atoms with Crippen molar-refractivity contribution >= 4 is 37.6 Å². The van der Waals surface area contributed by atoms with Crippen LogP contribution in [0.4, 0.5) is 0 Å². The maximum atomic E-state index is 11.1. The first kappa shape index (κ1) is 14.5. The summed E-state index contributed by atoms with van der Waals surface area (Å²) in [5.41, 5.74) is -0.450. The quantitative estimate of drug-likeness (QED) is 0.551. The number of carbonyl (C=O) groups is 2. The molecule has 0 N–H and O–H groups in total. The summed E-state index contributed by atoms with van der Waals surface area (Å²) in [7, 11) is 1.28. The van der Waals surface area contributed by atoms with Crippen molar-refractivity contribution in [3.63, 3.8) is 0 Å². The van der Waals surface area contributed by atoms with Crippen LogP contribution in [0.1, 0.15) is 27.2 Å². The van der Waals surface area contributed by atoms with Crippen molar-refractivity contribution in [2.45, 2.75) is 27.2 Å². The van der Waals surface area contributed by atoms with E-state index in [1.807, 2.05) is 0 Å². The molecule has 3 radical (unpaired) electrons. The second-order valence-electron chi connectivity index (χ2n) is 3.43. The van der Waals surface area contributed by atoms with Gasteiger partial charge >= 0.3 is 5.97 Å². The Morgan fingerprint density at radius 1 is 1.25 bits per heavy atom. The smallest absolute Gasteiger partial charge is 0.313 e. The Labute approximate surface area is 91.6 Å². The first-order chi connectivity index (χ1) is 4.88. The normalized spacial score (nSPS) is 10.0. The van der Waals surface area contributed by atoms with Crippen molar-refractivity contribution in [2.75, 3.05) is 7.11 Å². The second kappa shape index (κ2) is 5.62. The molecule has 3 nitrogen and oxygen atoms in total. The van der Waals surface area contributed by atoms with Gasteiger partial charge in [-0.2, -0.15) is 0 Å². The van der Waals surface area contributed by atoms with Crippen molar-refractivity contribution in [1.82, 2.24) is 0 Å². The molecule has 0 aliphatic rings. The molecule has 4 heteroatoms.